The summed E-state index contributed by atoms with van der Waals surface area (Å²) < 4.78 is 109. The van der Waals surface area contributed by atoms with Gasteiger partial charge in [0.05, 0.1) is 33.1 Å². The minimum atomic E-state index is -5.11. The predicted molar refractivity (Wildman–Crippen MR) is 170 cm³/mol. The van der Waals surface area contributed by atoms with Crippen molar-refractivity contribution >= 4 is 79.0 Å². The SMILES string of the molecule is C=CS(=O)(=O)c1ccc(N=Nc2c(S(=O)(=O)O)cc3c(N=Nc4ccc(S(=O)(=O)C=C)cc4)c(NS(C)(=O)=O)ccc3c2O)cc1. The van der Waals surface area contributed by atoms with E-state index in [0.29, 0.717) is 0 Å². The first-order chi connectivity index (χ1) is 21.4. The smallest absolute Gasteiger partial charge is 0.296 e. The Bertz CT molecular complexity index is 2390. The molecule has 0 bridgehead atoms. The molecule has 19 heteroatoms. The fourth-order valence-electron chi connectivity index (χ4n) is 3.90. The molecule has 4 rings (SSSR count). The van der Waals surface area contributed by atoms with E-state index >= 15 is 0 Å². The summed E-state index contributed by atoms with van der Waals surface area (Å²) in [7, 11) is -16.5. The Hall–Kier alpha value is -4.82. The molecule has 240 valence electrons. The monoisotopic (exact) mass is 705 g/mol. The van der Waals surface area contributed by atoms with Crippen LogP contribution in [-0.2, 0) is 39.8 Å². The van der Waals surface area contributed by atoms with Crippen LogP contribution in [0.3, 0.4) is 0 Å². The van der Waals surface area contributed by atoms with Gasteiger partial charge in [0, 0.05) is 21.6 Å². The molecule has 0 saturated heterocycles. The molecule has 0 radical (unpaired) electrons. The maximum Gasteiger partial charge on any atom is 0.296 e. The van der Waals surface area contributed by atoms with Crippen molar-refractivity contribution in [3.8, 4) is 5.75 Å². The Balaban J connectivity index is 1.91. The van der Waals surface area contributed by atoms with Gasteiger partial charge in [-0.2, -0.15) is 18.6 Å². The fourth-order valence-corrected chi connectivity index (χ4v) is 6.53. The summed E-state index contributed by atoms with van der Waals surface area (Å²) in [5, 5.41) is 28.0. The van der Waals surface area contributed by atoms with Crippen LogP contribution in [0.1, 0.15) is 0 Å². The average molecular weight is 706 g/mol. The molecular weight excluding hydrogens is 683 g/mol. The van der Waals surface area contributed by atoms with Gasteiger partial charge in [0.15, 0.2) is 25.4 Å². The van der Waals surface area contributed by atoms with E-state index in [4.69, 9.17) is 0 Å². The van der Waals surface area contributed by atoms with Gasteiger partial charge in [-0.3, -0.25) is 9.27 Å². The minimum absolute atomic E-state index is 0.0536. The van der Waals surface area contributed by atoms with Crippen molar-refractivity contribution in [3.05, 3.63) is 90.7 Å². The van der Waals surface area contributed by atoms with Gasteiger partial charge < -0.3 is 5.11 Å². The molecule has 0 fully saturated rings. The number of sulfonamides is 1. The summed E-state index contributed by atoms with van der Waals surface area (Å²) in [4.78, 5) is -1.10. The first kappa shape index (κ1) is 34.1. The second kappa shape index (κ2) is 12.5. The molecule has 15 nitrogen and oxygen atoms in total. The highest BCUT2D eigenvalue weighted by Gasteiger charge is 2.25. The normalized spacial score (nSPS) is 12.9. The Morgan fingerprint density at radius 3 is 1.52 bits per heavy atom. The lowest BCUT2D eigenvalue weighted by molar-refractivity contribution is 0.472. The van der Waals surface area contributed by atoms with Crippen molar-refractivity contribution in [2.75, 3.05) is 11.0 Å². The first-order valence-corrected chi connectivity index (χ1v) is 18.9. The van der Waals surface area contributed by atoms with Crippen LogP contribution in [0.5, 0.6) is 5.75 Å². The highest BCUT2D eigenvalue weighted by molar-refractivity contribution is 7.94. The summed E-state index contributed by atoms with van der Waals surface area (Å²) in [5.41, 5.74) is -0.994. The molecule has 4 aromatic carbocycles. The van der Waals surface area contributed by atoms with E-state index in [1.54, 1.807) is 0 Å². The molecule has 46 heavy (non-hydrogen) atoms. The Morgan fingerprint density at radius 1 is 0.652 bits per heavy atom. The zero-order valence-electron chi connectivity index (χ0n) is 23.5. The number of fused-ring (bicyclic) bond motifs is 1. The van der Waals surface area contributed by atoms with Crippen LogP contribution in [0.2, 0.25) is 0 Å². The van der Waals surface area contributed by atoms with Gasteiger partial charge in [0.2, 0.25) is 10.0 Å². The molecule has 3 N–H and O–H groups in total. The topological polar surface area (TPSA) is 238 Å². The Kier molecular flexibility index (Phi) is 9.27. The number of hydrogen-bond acceptors (Lipinski definition) is 13. The van der Waals surface area contributed by atoms with E-state index in [1.807, 2.05) is 0 Å². The Morgan fingerprint density at radius 2 is 1.11 bits per heavy atom. The second-order valence-electron chi connectivity index (χ2n) is 9.29. The molecule has 0 aliphatic rings. The number of nitrogens with one attached hydrogen (secondary N) is 1. The van der Waals surface area contributed by atoms with Gasteiger partial charge in [-0.1, -0.05) is 13.2 Å². The lowest BCUT2D eigenvalue weighted by atomic mass is 10.1. The standard InChI is InChI=1S/C27H23N5O10S4/c1-4-44(36,37)19-10-6-17(7-11-19)28-30-25-22-16-24(46(40,41)42)26(27(33)21(22)14-15-23(25)32-43(3,34)35)31-29-18-8-12-20(13-9-18)45(38,39)5-2/h4-16,32-33H,1-2H2,3H3,(H,40,41,42). The number of azo groups is 2. The number of anilines is 1. The number of rotatable bonds is 11. The van der Waals surface area contributed by atoms with E-state index < -0.39 is 56.1 Å². The highest BCUT2D eigenvalue weighted by atomic mass is 32.2. The summed E-state index contributed by atoms with van der Waals surface area (Å²) in [6, 6.07) is 13.3. The van der Waals surface area contributed by atoms with E-state index in [2.05, 4.69) is 38.3 Å². The third kappa shape index (κ3) is 7.51. The fraction of sp³-hybridized carbons (Fsp3) is 0.0370. The van der Waals surface area contributed by atoms with Crippen LogP contribution in [0, 0.1) is 0 Å². The number of phenolic OH excluding ortho intramolecular Hbond substituents is 1. The summed E-state index contributed by atoms with van der Waals surface area (Å²) in [5.74, 6) is -0.791. The van der Waals surface area contributed by atoms with Crippen molar-refractivity contribution in [1.29, 1.82) is 0 Å². The number of nitrogens with zero attached hydrogens (tertiary/aromatic N) is 4. The molecule has 0 atom stereocenters. The van der Waals surface area contributed by atoms with Gasteiger partial charge in [-0.15, -0.1) is 10.2 Å². The van der Waals surface area contributed by atoms with Gasteiger partial charge in [-0.05, 0) is 66.7 Å². The van der Waals surface area contributed by atoms with Gasteiger partial charge in [0.25, 0.3) is 10.1 Å². The van der Waals surface area contributed by atoms with Crippen LogP contribution in [-0.4, -0.2) is 49.6 Å². The second-order valence-corrected chi connectivity index (χ2v) is 16.2. The molecule has 0 heterocycles. The maximum absolute atomic E-state index is 12.4. The number of aromatic hydroxyl groups is 1. The van der Waals surface area contributed by atoms with Crippen molar-refractivity contribution in [2.24, 2.45) is 20.5 Å². The summed E-state index contributed by atoms with van der Waals surface area (Å²) in [6.07, 6.45) is 0.848. The Labute approximate surface area is 264 Å². The van der Waals surface area contributed by atoms with Crippen LogP contribution >= 0.6 is 0 Å². The van der Waals surface area contributed by atoms with Gasteiger partial charge in [-0.25, -0.2) is 25.3 Å². The lowest BCUT2D eigenvalue weighted by Crippen LogP contribution is -2.09. The largest absolute Gasteiger partial charge is 0.505 e. The van der Waals surface area contributed by atoms with Crippen molar-refractivity contribution < 1.29 is 43.3 Å². The maximum atomic E-state index is 12.4. The molecule has 0 aliphatic carbocycles. The predicted octanol–water partition coefficient (Wildman–Crippen LogP) is 5.83. The third-order valence-electron chi connectivity index (χ3n) is 6.08. The molecule has 0 amide bonds. The van der Waals surface area contributed by atoms with Crippen LogP contribution in [0.25, 0.3) is 10.8 Å². The number of sulfone groups is 2. The molecule has 0 spiro atoms. The van der Waals surface area contributed by atoms with Crippen LogP contribution in [0.4, 0.5) is 28.4 Å². The zero-order valence-corrected chi connectivity index (χ0v) is 26.8. The third-order valence-corrected chi connectivity index (χ3v) is 10.3. The molecular formula is C27H23N5O10S4. The van der Waals surface area contributed by atoms with Gasteiger partial charge in [0.1, 0.15) is 16.3 Å². The number of hydrogen-bond donors (Lipinski definition) is 3. The van der Waals surface area contributed by atoms with E-state index in [9.17, 15) is 43.3 Å². The minimum Gasteiger partial charge on any atom is -0.505 e. The summed E-state index contributed by atoms with van der Waals surface area (Å²) in [6.45, 7) is 6.49. The molecule has 4 aromatic rings. The molecule has 0 saturated carbocycles. The van der Waals surface area contributed by atoms with E-state index in [1.165, 1.54) is 60.7 Å². The van der Waals surface area contributed by atoms with Gasteiger partial charge >= 0.3 is 0 Å². The zero-order chi connectivity index (χ0) is 34.1. The quantitative estimate of drug-likeness (QED) is 0.125. The average Bonchev–Trinajstić information content (AvgIpc) is 2.99. The number of benzene rings is 4. The van der Waals surface area contributed by atoms with Crippen LogP contribution in [0.15, 0.2) is 126 Å². The summed E-state index contributed by atoms with van der Waals surface area (Å²) >= 11 is 0. The van der Waals surface area contributed by atoms with Crippen molar-refractivity contribution in [3.63, 3.8) is 0 Å². The van der Waals surface area contributed by atoms with Crippen molar-refractivity contribution in [2.45, 2.75) is 14.7 Å². The van der Waals surface area contributed by atoms with E-state index in [-0.39, 0.29) is 43.3 Å². The van der Waals surface area contributed by atoms with Crippen LogP contribution < -0.4 is 4.72 Å². The number of phenols is 1. The first-order valence-electron chi connectivity index (χ1n) is 12.4. The lowest BCUT2D eigenvalue weighted by Gasteiger charge is -2.13. The molecule has 0 aliphatic heterocycles. The molecule has 0 unspecified atom stereocenters. The van der Waals surface area contributed by atoms with Crippen molar-refractivity contribution in [1.82, 2.24) is 0 Å². The molecule has 0 aromatic heterocycles. The van der Waals surface area contributed by atoms with E-state index in [0.717, 1.165) is 23.1 Å². The highest BCUT2D eigenvalue weighted by Crippen LogP contribution is 2.46.